The van der Waals surface area contributed by atoms with Crippen molar-refractivity contribution in [1.29, 1.82) is 0 Å². The van der Waals surface area contributed by atoms with Gasteiger partial charge in [-0.15, -0.1) is 11.3 Å². The summed E-state index contributed by atoms with van der Waals surface area (Å²) in [6, 6.07) is 6.00. The summed E-state index contributed by atoms with van der Waals surface area (Å²) in [6.45, 7) is 0.750. The first-order valence-electron chi connectivity index (χ1n) is 6.32. The molecule has 23 heavy (non-hydrogen) atoms. The van der Waals surface area contributed by atoms with E-state index in [9.17, 15) is 22.0 Å². The summed E-state index contributed by atoms with van der Waals surface area (Å²) in [5.41, 5.74) is -0.119. The van der Waals surface area contributed by atoms with Gasteiger partial charge < -0.3 is 4.74 Å². The van der Waals surface area contributed by atoms with Crippen molar-refractivity contribution in [3.8, 4) is 0 Å². The third-order valence-electron chi connectivity index (χ3n) is 2.93. The number of halogens is 2. The van der Waals surface area contributed by atoms with Crippen LogP contribution < -0.4 is 4.72 Å². The smallest absolute Gasteiger partial charge is 0.349 e. The number of rotatable bonds is 5. The number of ether oxygens (including phenoxy) is 1. The Balaban J connectivity index is 2.29. The maximum atomic E-state index is 13.1. The highest BCUT2D eigenvalue weighted by atomic mass is 32.2. The van der Waals surface area contributed by atoms with E-state index >= 15 is 0 Å². The summed E-state index contributed by atoms with van der Waals surface area (Å²) in [4.78, 5) is 11.3. The predicted octanol–water partition coefficient (Wildman–Crippen LogP) is 3.45. The predicted molar refractivity (Wildman–Crippen MR) is 82.5 cm³/mol. The molecule has 0 fully saturated rings. The Labute approximate surface area is 136 Å². The molecule has 0 aliphatic heterocycles. The number of carbonyl (C=O) groups excluding carboxylic acids is 1. The SMILES string of the molecule is COC(=O)c1sccc1S(=O)(=O)Nc1ccc(C(C)(F)F)cc1. The fourth-order valence-corrected chi connectivity index (χ4v) is 4.19. The van der Waals surface area contributed by atoms with E-state index in [0.717, 1.165) is 37.5 Å². The van der Waals surface area contributed by atoms with Gasteiger partial charge >= 0.3 is 5.97 Å². The maximum Gasteiger partial charge on any atom is 0.349 e. The normalized spacial score (nSPS) is 12.0. The zero-order chi connectivity index (χ0) is 17.3. The number of anilines is 1. The van der Waals surface area contributed by atoms with Gasteiger partial charge in [-0.25, -0.2) is 22.0 Å². The van der Waals surface area contributed by atoms with Crippen molar-refractivity contribution in [2.75, 3.05) is 11.8 Å². The van der Waals surface area contributed by atoms with E-state index in [1.54, 1.807) is 0 Å². The third-order valence-corrected chi connectivity index (χ3v) is 5.38. The van der Waals surface area contributed by atoms with Crippen molar-refractivity contribution >= 4 is 33.0 Å². The Morgan fingerprint density at radius 2 is 1.83 bits per heavy atom. The number of sulfonamides is 1. The second-order valence-electron chi connectivity index (χ2n) is 4.68. The van der Waals surface area contributed by atoms with Gasteiger partial charge in [0.15, 0.2) is 0 Å². The molecule has 0 atom stereocenters. The van der Waals surface area contributed by atoms with Crippen LogP contribution >= 0.6 is 11.3 Å². The van der Waals surface area contributed by atoms with Gasteiger partial charge in [0.25, 0.3) is 15.9 Å². The molecule has 1 heterocycles. The standard InChI is InChI=1S/C14H13F2NO4S2/c1-14(15,16)9-3-5-10(6-4-9)17-23(19,20)11-7-8-22-12(11)13(18)21-2/h3-8,17H,1-2H3. The molecule has 0 aliphatic carbocycles. The van der Waals surface area contributed by atoms with Crippen LogP contribution in [0.1, 0.15) is 22.2 Å². The van der Waals surface area contributed by atoms with E-state index in [1.807, 2.05) is 0 Å². The van der Waals surface area contributed by atoms with Crippen LogP contribution in [0.5, 0.6) is 0 Å². The average molecular weight is 361 g/mol. The number of thiophene rings is 1. The molecule has 124 valence electrons. The van der Waals surface area contributed by atoms with Gasteiger partial charge in [-0.3, -0.25) is 4.72 Å². The lowest BCUT2D eigenvalue weighted by atomic mass is 10.1. The van der Waals surface area contributed by atoms with Crippen LogP contribution in [-0.2, 0) is 20.7 Å². The molecule has 0 unspecified atom stereocenters. The number of carbonyl (C=O) groups is 1. The van der Waals surface area contributed by atoms with Crippen LogP contribution in [-0.4, -0.2) is 21.5 Å². The summed E-state index contributed by atoms with van der Waals surface area (Å²) in [5.74, 6) is -3.77. The minimum Gasteiger partial charge on any atom is -0.465 e. The molecule has 9 heteroatoms. The Kier molecular flexibility index (Phi) is 4.71. The van der Waals surface area contributed by atoms with E-state index in [4.69, 9.17) is 0 Å². The third kappa shape index (κ3) is 3.85. The molecule has 1 aromatic carbocycles. The second-order valence-corrected chi connectivity index (χ2v) is 7.24. The first-order chi connectivity index (χ1) is 10.6. The van der Waals surface area contributed by atoms with Gasteiger partial charge in [-0.1, -0.05) is 12.1 Å². The lowest BCUT2D eigenvalue weighted by molar-refractivity contribution is 0.0175. The van der Waals surface area contributed by atoms with Gasteiger partial charge in [0.05, 0.1) is 7.11 Å². The largest absolute Gasteiger partial charge is 0.465 e. The monoisotopic (exact) mass is 361 g/mol. The zero-order valence-corrected chi connectivity index (χ0v) is 13.8. The summed E-state index contributed by atoms with van der Waals surface area (Å²) < 4.78 is 57.7. The van der Waals surface area contributed by atoms with Crippen LogP contribution in [0.4, 0.5) is 14.5 Å². The van der Waals surface area contributed by atoms with E-state index in [1.165, 1.54) is 23.6 Å². The Hall–Kier alpha value is -2.00. The van der Waals surface area contributed by atoms with Gasteiger partial charge in [-0.2, -0.15) is 0 Å². The number of benzene rings is 1. The lowest BCUT2D eigenvalue weighted by Crippen LogP contribution is -2.16. The molecule has 0 saturated carbocycles. The van der Waals surface area contributed by atoms with E-state index in [-0.39, 0.29) is 21.0 Å². The van der Waals surface area contributed by atoms with Crippen LogP contribution in [0, 0.1) is 0 Å². The van der Waals surface area contributed by atoms with Gasteiger partial charge in [0, 0.05) is 18.2 Å². The molecule has 0 saturated heterocycles. The maximum absolute atomic E-state index is 13.1. The summed E-state index contributed by atoms with van der Waals surface area (Å²) in [6.07, 6.45) is 0. The molecule has 0 bridgehead atoms. The molecule has 2 aromatic rings. The highest BCUT2D eigenvalue weighted by Crippen LogP contribution is 2.29. The molecule has 2 rings (SSSR count). The van der Waals surface area contributed by atoms with Crippen molar-refractivity contribution in [3.63, 3.8) is 0 Å². The zero-order valence-electron chi connectivity index (χ0n) is 12.2. The molecular weight excluding hydrogens is 348 g/mol. The van der Waals surface area contributed by atoms with Crippen LogP contribution in [0.2, 0.25) is 0 Å². The van der Waals surface area contributed by atoms with Crippen molar-refractivity contribution in [2.45, 2.75) is 17.7 Å². The number of esters is 1. The minimum atomic E-state index is -4.03. The summed E-state index contributed by atoms with van der Waals surface area (Å²) in [7, 11) is -2.88. The fourth-order valence-electron chi connectivity index (χ4n) is 1.79. The number of methoxy groups -OCH3 is 1. The van der Waals surface area contributed by atoms with Gasteiger partial charge in [0.2, 0.25) is 0 Å². The Bertz CT molecular complexity index is 808. The quantitative estimate of drug-likeness (QED) is 0.828. The first-order valence-corrected chi connectivity index (χ1v) is 8.68. The second kappa shape index (κ2) is 6.25. The molecule has 0 radical (unpaired) electrons. The summed E-state index contributed by atoms with van der Waals surface area (Å²) >= 11 is 0.933. The molecule has 0 aliphatic rings. The molecule has 5 nitrogen and oxygen atoms in total. The highest BCUT2D eigenvalue weighted by molar-refractivity contribution is 7.93. The van der Waals surface area contributed by atoms with Gasteiger partial charge in [-0.05, 0) is 23.6 Å². The van der Waals surface area contributed by atoms with Crippen LogP contribution in [0.3, 0.4) is 0 Å². The number of nitrogens with one attached hydrogen (secondary N) is 1. The van der Waals surface area contributed by atoms with E-state index in [2.05, 4.69) is 9.46 Å². The Morgan fingerprint density at radius 3 is 2.35 bits per heavy atom. The Morgan fingerprint density at radius 1 is 1.22 bits per heavy atom. The average Bonchev–Trinajstić information content (AvgIpc) is 2.96. The number of hydrogen-bond acceptors (Lipinski definition) is 5. The lowest BCUT2D eigenvalue weighted by Gasteiger charge is -2.12. The molecule has 1 N–H and O–H groups in total. The van der Waals surface area contributed by atoms with Crippen LogP contribution in [0.25, 0.3) is 0 Å². The van der Waals surface area contributed by atoms with Crippen molar-refractivity contribution < 1.29 is 26.7 Å². The summed E-state index contributed by atoms with van der Waals surface area (Å²) in [5, 5.41) is 1.45. The molecule has 1 aromatic heterocycles. The van der Waals surface area contributed by atoms with E-state index in [0.29, 0.717) is 0 Å². The van der Waals surface area contributed by atoms with Crippen molar-refractivity contribution in [1.82, 2.24) is 0 Å². The number of alkyl halides is 2. The minimum absolute atomic E-state index is 0.0586. The molecular formula is C14H13F2NO4S2. The highest BCUT2D eigenvalue weighted by Gasteiger charge is 2.26. The van der Waals surface area contributed by atoms with Crippen molar-refractivity contribution in [2.24, 2.45) is 0 Å². The van der Waals surface area contributed by atoms with Crippen molar-refractivity contribution in [3.05, 3.63) is 46.2 Å². The van der Waals surface area contributed by atoms with E-state index < -0.39 is 21.9 Å². The van der Waals surface area contributed by atoms with Gasteiger partial charge in [0.1, 0.15) is 9.77 Å². The molecule has 0 amide bonds. The topological polar surface area (TPSA) is 72.5 Å². The number of hydrogen-bond donors (Lipinski definition) is 1. The van der Waals surface area contributed by atoms with Crippen LogP contribution in [0.15, 0.2) is 40.6 Å². The fraction of sp³-hybridized carbons (Fsp3) is 0.214. The first kappa shape index (κ1) is 17.4. The molecule has 0 spiro atoms.